The molecule has 9 heteroatoms. The van der Waals surface area contributed by atoms with Crippen molar-refractivity contribution in [3.05, 3.63) is 41.7 Å². The molecule has 2 aromatic rings. The fourth-order valence-corrected chi connectivity index (χ4v) is 1.40. The summed E-state index contributed by atoms with van der Waals surface area (Å²) >= 11 is 0. The summed E-state index contributed by atoms with van der Waals surface area (Å²) in [4.78, 5) is 18.5. The van der Waals surface area contributed by atoms with E-state index in [9.17, 15) is 18.0 Å². The Hall–Kier alpha value is -2.84. The van der Waals surface area contributed by atoms with Crippen molar-refractivity contribution in [2.75, 3.05) is 7.11 Å². The molecule has 0 saturated heterocycles. The number of halogens is 3. The third-order valence-corrected chi connectivity index (χ3v) is 2.31. The smallest absolute Gasteiger partial charge is 0.464 e. The van der Waals surface area contributed by atoms with Crippen LogP contribution in [0.5, 0.6) is 5.88 Å². The number of oxazole rings is 1. The summed E-state index contributed by atoms with van der Waals surface area (Å²) in [5.74, 6) is -1.07. The van der Waals surface area contributed by atoms with Crippen LogP contribution in [-0.2, 0) is 4.74 Å². The first-order chi connectivity index (χ1) is 10.4. The van der Waals surface area contributed by atoms with Gasteiger partial charge in [-0.1, -0.05) is 0 Å². The topological polar surface area (TPSA) is 74.5 Å². The quantitative estimate of drug-likeness (QED) is 0.808. The first-order valence-electron chi connectivity index (χ1n) is 5.81. The molecule has 116 valence electrons. The average molecular weight is 314 g/mol. The van der Waals surface area contributed by atoms with E-state index in [0.29, 0.717) is 5.56 Å². The molecule has 0 aliphatic heterocycles. The Kier molecular flexibility index (Phi) is 4.44. The van der Waals surface area contributed by atoms with Crippen LogP contribution in [0.15, 0.2) is 29.0 Å². The van der Waals surface area contributed by atoms with Crippen molar-refractivity contribution in [1.29, 1.82) is 0 Å². The zero-order chi connectivity index (χ0) is 16.2. The van der Waals surface area contributed by atoms with Crippen LogP contribution in [0, 0.1) is 0 Å². The fourth-order valence-electron chi connectivity index (χ4n) is 1.40. The third-order valence-electron chi connectivity index (χ3n) is 2.31. The van der Waals surface area contributed by atoms with Crippen molar-refractivity contribution in [2.45, 2.75) is 6.36 Å². The van der Waals surface area contributed by atoms with E-state index in [1.165, 1.54) is 31.5 Å². The number of esters is 1. The normalized spacial score (nSPS) is 11.6. The minimum atomic E-state index is -4.78. The lowest BCUT2D eigenvalue weighted by Gasteiger charge is -2.07. The van der Waals surface area contributed by atoms with Crippen LogP contribution < -0.4 is 4.74 Å². The zero-order valence-electron chi connectivity index (χ0n) is 11.1. The van der Waals surface area contributed by atoms with E-state index in [1.807, 2.05) is 0 Å². The maximum atomic E-state index is 12.0. The van der Waals surface area contributed by atoms with Gasteiger partial charge in [0.25, 0.3) is 0 Å². The van der Waals surface area contributed by atoms with Crippen molar-refractivity contribution in [1.82, 2.24) is 9.97 Å². The number of carbonyl (C=O) groups excluding carboxylic acids is 1. The van der Waals surface area contributed by atoms with E-state index in [4.69, 9.17) is 4.42 Å². The van der Waals surface area contributed by atoms with Crippen molar-refractivity contribution in [2.24, 2.45) is 0 Å². The number of nitrogens with zero attached hydrogens (tertiary/aromatic N) is 2. The van der Waals surface area contributed by atoms with Gasteiger partial charge in [-0.2, -0.15) is 0 Å². The van der Waals surface area contributed by atoms with Crippen molar-refractivity contribution < 1.29 is 31.9 Å². The SMILES string of the molecule is COC(=O)c1coc(/C=C/c2ccc(OC(F)(F)F)nc2)n1. The van der Waals surface area contributed by atoms with E-state index in [-0.39, 0.29) is 11.6 Å². The summed E-state index contributed by atoms with van der Waals surface area (Å²) in [5.41, 5.74) is 0.501. The van der Waals surface area contributed by atoms with E-state index in [1.54, 1.807) is 0 Å². The minimum absolute atomic E-state index is 0.00852. The molecule has 0 radical (unpaired) electrons. The molecule has 2 rings (SSSR count). The van der Waals surface area contributed by atoms with Crippen molar-refractivity contribution in [3.63, 3.8) is 0 Å². The van der Waals surface area contributed by atoms with Gasteiger partial charge in [-0.3, -0.25) is 0 Å². The van der Waals surface area contributed by atoms with Crippen LogP contribution in [0.25, 0.3) is 12.2 Å². The van der Waals surface area contributed by atoms with Crippen molar-refractivity contribution >= 4 is 18.1 Å². The number of hydrogen-bond donors (Lipinski definition) is 0. The molecule has 0 amide bonds. The first kappa shape index (κ1) is 15.5. The fraction of sp³-hybridized carbons (Fsp3) is 0.154. The molecule has 0 aliphatic carbocycles. The lowest BCUT2D eigenvalue weighted by molar-refractivity contribution is -0.276. The largest absolute Gasteiger partial charge is 0.574 e. The molecular weight excluding hydrogens is 305 g/mol. The number of methoxy groups -OCH3 is 1. The first-order valence-corrected chi connectivity index (χ1v) is 5.81. The second kappa shape index (κ2) is 6.29. The van der Waals surface area contributed by atoms with Gasteiger partial charge in [0.2, 0.25) is 11.8 Å². The highest BCUT2D eigenvalue weighted by Crippen LogP contribution is 2.20. The molecular formula is C13H9F3N2O4. The van der Waals surface area contributed by atoms with Gasteiger partial charge in [0.05, 0.1) is 7.11 Å². The van der Waals surface area contributed by atoms with Gasteiger partial charge in [-0.05, 0) is 17.7 Å². The van der Waals surface area contributed by atoms with Crippen LogP contribution in [0.3, 0.4) is 0 Å². The van der Waals surface area contributed by atoms with Gasteiger partial charge in [0, 0.05) is 18.3 Å². The van der Waals surface area contributed by atoms with Crippen LogP contribution in [0.4, 0.5) is 13.2 Å². The minimum Gasteiger partial charge on any atom is -0.464 e. The average Bonchev–Trinajstić information content (AvgIpc) is 2.93. The molecule has 6 nitrogen and oxygen atoms in total. The summed E-state index contributed by atoms with van der Waals surface area (Å²) < 4.78 is 49.0. The zero-order valence-corrected chi connectivity index (χ0v) is 11.1. The van der Waals surface area contributed by atoms with Gasteiger partial charge < -0.3 is 13.9 Å². The molecule has 0 unspecified atom stereocenters. The molecule has 2 aromatic heterocycles. The summed E-state index contributed by atoms with van der Waals surface area (Å²) in [6.45, 7) is 0. The maximum absolute atomic E-state index is 12.0. The molecule has 0 bridgehead atoms. The van der Waals surface area contributed by atoms with Crippen LogP contribution in [0.1, 0.15) is 21.9 Å². The van der Waals surface area contributed by atoms with Gasteiger partial charge in [-0.15, -0.1) is 13.2 Å². The number of rotatable bonds is 4. The third kappa shape index (κ3) is 4.33. The molecule has 0 spiro atoms. The molecule has 22 heavy (non-hydrogen) atoms. The Morgan fingerprint density at radius 2 is 2.09 bits per heavy atom. The van der Waals surface area contributed by atoms with Crippen LogP contribution >= 0.6 is 0 Å². The Morgan fingerprint density at radius 1 is 1.32 bits per heavy atom. The number of aromatic nitrogens is 2. The second-order valence-corrected chi connectivity index (χ2v) is 3.87. The molecule has 0 fully saturated rings. The molecule has 2 heterocycles. The maximum Gasteiger partial charge on any atom is 0.574 e. The monoisotopic (exact) mass is 314 g/mol. The highest BCUT2D eigenvalue weighted by Gasteiger charge is 2.31. The Bertz CT molecular complexity index is 677. The van der Waals surface area contributed by atoms with Gasteiger partial charge in [0.15, 0.2) is 5.69 Å². The lowest BCUT2D eigenvalue weighted by atomic mass is 10.2. The summed E-state index contributed by atoms with van der Waals surface area (Å²) in [6.07, 6.45) is 0.448. The molecule has 0 saturated carbocycles. The van der Waals surface area contributed by atoms with E-state index in [2.05, 4.69) is 19.4 Å². The lowest BCUT2D eigenvalue weighted by Crippen LogP contribution is -2.17. The molecule has 0 aromatic carbocycles. The van der Waals surface area contributed by atoms with E-state index >= 15 is 0 Å². The number of carbonyl (C=O) groups is 1. The highest BCUT2D eigenvalue weighted by atomic mass is 19.4. The Balaban J connectivity index is 2.04. The van der Waals surface area contributed by atoms with Gasteiger partial charge >= 0.3 is 12.3 Å². The Labute approximate surface area is 122 Å². The summed E-state index contributed by atoms with van der Waals surface area (Å²) in [7, 11) is 1.21. The van der Waals surface area contributed by atoms with Gasteiger partial charge in [0.1, 0.15) is 6.26 Å². The second-order valence-electron chi connectivity index (χ2n) is 3.87. The number of alkyl halides is 3. The Morgan fingerprint density at radius 3 is 2.68 bits per heavy atom. The number of pyridine rings is 1. The number of hydrogen-bond acceptors (Lipinski definition) is 6. The summed E-state index contributed by atoms with van der Waals surface area (Å²) in [5, 5.41) is 0. The van der Waals surface area contributed by atoms with Crippen molar-refractivity contribution in [3.8, 4) is 5.88 Å². The molecule has 0 aliphatic rings. The van der Waals surface area contributed by atoms with Crippen LogP contribution in [-0.4, -0.2) is 29.4 Å². The van der Waals surface area contributed by atoms with E-state index in [0.717, 1.165) is 12.3 Å². The highest BCUT2D eigenvalue weighted by molar-refractivity contribution is 5.87. The number of ether oxygens (including phenoxy) is 2. The van der Waals surface area contributed by atoms with E-state index < -0.39 is 18.2 Å². The predicted octanol–water partition coefficient (Wildman–Crippen LogP) is 2.93. The molecule has 0 N–H and O–H groups in total. The predicted molar refractivity (Wildman–Crippen MR) is 67.7 cm³/mol. The standard InChI is InChI=1S/C13H9F3N2O4/c1-20-12(19)9-7-21-11(18-9)5-3-8-2-4-10(17-6-8)22-13(14,15)16/h2-7H,1H3/b5-3+. The van der Waals surface area contributed by atoms with Crippen LogP contribution in [0.2, 0.25) is 0 Å². The van der Waals surface area contributed by atoms with Gasteiger partial charge in [-0.25, -0.2) is 14.8 Å². The summed E-state index contributed by atoms with van der Waals surface area (Å²) in [6, 6.07) is 2.44. The molecule has 0 atom stereocenters.